The Kier molecular flexibility index (Phi) is 14.5. The largest absolute Gasteiger partial charge is 0.490 e. The number of hydrogen-bond donors (Lipinski definition) is 0. The van der Waals surface area contributed by atoms with Crippen LogP contribution in [0.4, 0.5) is 10.1 Å². The minimum atomic E-state index is -0.233. The van der Waals surface area contributed by atoms with E-state index in [4.69, 9.17) is 4.74 Å². The molecule has 0 aromatic heterocycles. The van der Waals surface area contributed by atoms with E-state index in [1.807, 2.05) is 25.1 Å². The average Bonchev–Trinajstić information content (AvgIpc) is 2.95. The average molecular weight is 579 g/mol. The van der Waals surface area contributed by atoms with Gasteiger partial charge < -0.3 is 9.47 Å². The Labute approximate surface area is 255 Å². The Balaban J connectivity index is 0.00000116. The first-order chi connectivity index (χ1) is 20.0. The second-order valence-corrected chi connectivity index (χ2v) is 12.5. The molecule has 0 N–H and O–H groups in total. The van der Waals surface area contributed by atoms with Gasteiger partial charge in [-0.3, -0.25) is 5.01 Å². The fourth-order valence-corrected chi connectivity index (χ4v) is 5.88. The topological polar surface area (TPSA) is 34.1 Å². The maximum atomic E-state index is 13.5. The van der Waals surface area contributed by atoms with Gasteiger partial charge in [0.25, 0.3) is 0 Å². The van der Waals surface area contributed by atoms with Crippen LogP contribution in [0.15, 0.2) is 88.8 Å². The lowest BCUT2D eigenvalue weighted by Gasteiger charge is -2.38. The van der Waals surface area contributed by atoms with Crippen LogP contribution in [0.25, 0.3) is 0 Å². The van der Waals surface area contributed by atoms with Gasteiger partial charge in [0.05, 0.1) is 11.7 Å². The molecule has 2 unspecified atom stereocenters. The predicted molar refractivity (Wildman–Crippen MR) is 178 cm³/mol. The summed E-state index contributed by atoms with van der Waals surface area (Å²) in [5.74, 6) is 1.48. The molecule has 0 fully saturated rings. The van der Waals surface area contributed by atoms with Gasteiger partial charge in [-0.25, -0.2) is 4.39 Å². The van der Waals surface area contributed by atoms with E-state index in [1.54, 1.807) is 26.4 Å². The van der Waals surface area contributed by atoms with Gasteiger partial charge in [0.15, 0.2) is 0 Å². The van der Waals surface area contributed by atoms with Crippen molar-refractivity contribution in [2.75, 3.05) is 19.2 Å². The zero-order valence-electron chi connectivity index (χ0n) is 27.6. The summed E-state index contributed by atoms with van der Waals surface area (Å²) in [5.41, 5.74) is 5.14. The van der Waals surface area contributed by atoms with Crippen molar-refractivity contribution in [3.63, 3.8) is 0 Å². The summed E-state index contributed by atoms with van der Waals surface area (Å²) < 4.78 is 24.7. The monoisotopic (exact) mass is 578 g/mol. The van der Waals surface area contributed by atoms with E-state index < -0.39 is 0 Å². The van der Waals surface area contributed by atoms with Crippen LogP contribution in [-0.4, -0.2) is 32.6 Å². The summed E-state index contributed by atoms with van der Waals surface area (Å²) in [5, 5.41) is 6.64. The van der Waals surface area contributed by atoms with Crippen molar-refractivity contribution in [2.45, 2.75) is 99.1 Å². The second kappa shape index (κ2) is 17.3. The fraction of sp³-hybridized carbons (Fsp3) is 0.541. The number of methoxy groups -OCH3 is 1. The van der Waals surface area contributed by atoms with E-state index in [0.717, 1.165) is 50.0 Å². The summed E-state index contributed by atoms with van der Waals surface area (Å²) in [4.78, 5) is 0. The molecule has 42 heavy (non-hydrogen) atoms. The van der Waals surface area contributed by atoms with Gasteiger partial charge in [-0.15, -0.1) is 0 Å². The first-order valence-corrected chi connectivity index (χ1v) is 15.6. The van der Waals surface area contributed by atoms with E-state index in [1.165, 1.54) is 28.9 Å². The van der Waals surface area contributed by atoms with Crippen LogP contribution in [0.1, 0.15) is 87.0 Å². The summed E-state index contributed by atoms with van der Waals surface area (Å²) in [7, 11) is 3.25. The Hall–Kier alpha value is -2.92. The van der Waals surface area contributed by atoms with E-state index >= 15 is 0 Å². The highest BCUT2D eigenvalue weighted by Crippen LogP contribution is 2.38. The first-order valence-electron chi connectivity index (χ1n) is 15.6. The molecule has 1 aromatic rings. The van der Waals surface area contributed by atoms with Crippen molar-refractivity contribution in [3.05, 3.63) is 89.5 Å². The van der Waals surface area contributed by atoms with Crippen LogP contribution in [0.3, 0.4) is 0 Å². The number of benzene rings is 1. The van der Waals surface area contributed by atoms with Gasteiger partial charge in [0.1, 0.15) is 17.7 Å². The minimum Gasteiger partial charge on any atom is -0.490 e. The van der Waals surface area contributed by atoms with E-state index in [-0.39, 0.29) is 23.4 Å². The van der Waals surface area contributed by atoms with Crippen LogP contribution in [0.5, 0.6) is 0 Å². The quantitative estimate of drug-likeness (QED) is 0.273. The van der Waals surface area contributed by atoms with Crippen molar-refractivity contribution < 1.29 is 13.9 Å². The van der Waals surface area contributed by atoms with Crippen LogP contribution >= 0.6 is 0 Å². The maximum Gasteiger partial charge on any atom is 0.123 e. The molecule has 0 saturated heterocycles. The molecule has 2 aliphatic carbocycles. The number of hydrogen-bond acceptors (Lipinski definition) is 4. The van der Waals surface area contributed by atoms with Gasteiger partial charge in [-0.05, 0) is 92.4 Å². The number of ether oxygens (including phenoxy) is 2. The van der Waals surface area contributed by atoms with Gasteiger partial charge in [-0.1, -0.05) is 77.5 Å². The molecular weight excluding hydrogens is 523 g/mol. The van der Waals surface area contributed by atoms with Crippen LogP contribution in [-0.2, 0) is 9.47 Å². The second-order valence-electron chi connectivity index (χ2n) is 12.5. The molecule has 4 atom stereocenters. The summed E-state index contributed by atoms with van der Waals surface area (Å²) >= 11 is 0. The molecule has 4 nitrogen and oxygen atoms in total. The molecule has 0 radical (unpaired) electrons. The molecule has 1 aromatic carbocycles. The third-order valence-corrected chi connectivity index (χ3v) is 7.53. The molecule has 0 saturated carbocycles. The highest BCUT2D eigenvalue weighted by Gasteiger charge is 2.33. The lowest BCUT2D eigenvalue weighted by molar-refractivity contribution is 0.0331. The number of hydrazone groups is 1. The molecule has 0 spiro atoms. The summed E-state index contributed by atoms with van der Waals surface area (Å²) in [6, 6.07) is 6.71. The Morgan fingerprint density at radius 1 is 1.17 bits per heavy atom. The molecule has 3 aliphatic rings. The lowest BCUT2D eigenvalue weighted by atomic mass is 9.78. The van der Waals surface area contributed by atoms with Crippen molar-refractivity contribution in [2.24, 2.45) is 22.4 Å². The number of fused-ring (bicyclic) bond motifs is 1. The van der Waals surface area contributed by atoms with Gasteiger partial charge in [-0.2, -0.15) is 5.10 Å². The van der Waals surface area contributed by atoms with Crippen molar-refractivity contribution >= 4 is 11.9 Å². The third-order valence-electron chi connectivity index (χ3n) is 7.53. The van der Waals surface area contributed by atoms with Crippen molar-refractivity contribution in [3.8, 4) is 0 Å². The zero-order valence-corrected chi connectivity index (χ0v) is 27.6. The van der Waals surface area contributed by atoms with Gasteiger partial charge in [0, 0.05) is 32.8 Å². The van der Waals surface area contributed by atoms with Crippen LogP contribution < -0.4 is 5.01 Å². The predicted octanol–water partition coefficient (Wildman–Crippen LogP) is 10.2. The molecule has 5 heteroatoms. The molecule has 1 aliphatic heterocycles. The normalized spacial score (nSPS) is 20.8. The Bertz CT molecular complexity index is 1140. The third kappa shape index (κ3) is 10.7. The lowest BCUT2D eigenvalue weighted by Crippen LogP contribution is -2.37. The highest BCUT2D eigenvalue weighted by molar-refractivity contribution is 5.69. The number of nitrogens with zero attached hydrogens (tertiary/aromatic N) is 2. The minimum absolute atomic E-state index is 0.0896. The first kappa shape index (κ1) is 35.3. The summed E-state index contributed by atoms with van der Waals surface area (Å²) in [6.07, 6.45) is 18.9. The van der Waals surface area contributed by atoms with E-state index in [2.05, 4.69) is 81.4 Å². The molecular formula is C37H55FN2O2. The summed E-state index contributed by atoms with van der Waals surface area (Å²) in [6.45, 7) is 19.8. The van der Waals surface area contributed by atoms with Crippen LogP contribution in [0, 0.1) is 23.1 Å². The maximum absolute atomic E-state index is 13.5. The number of allylic oxidation sites excluding steroid dienone is 5. The number of rotatable bonds is 9. The van der Waals surface area contributed by atoms with E-state index in [9.17, 15) is 4.39 Å². The number of halogens is 1. The molecule has 0 bridgehead atoms. The Morgan fingerprint density at radius 2 is 1.83 bits per heavy atom. The molecule has 232 valence electrons. The zero-order chi connectivity index (χ0) is 31.3. The van der Waals surface area contributed by atoms with Crippen molar-refractivity contribution in [1.82, 2.24) is 0 Å². The molecule has 1 heterocycles. The Morgan fingerprint density at radius 3 is 2.43 bits per heavy atom. The molecule has 0 amide bonds. The van der Waals surface area contributed by atoms with Crippen LogP contribution in [0.2, 0.25) is 0 Å². The fourth-order valence-electron chi connectivity index (χ4n) is 5.88. The SMILES string of the molecule is C=C(C[C@@H](CC)[C@H](OC1=CCC2C(=C1)CC=NN2c1ccc(F)cc1)C1C=CC=C(C)C1)CC(C)(C)C.CC.COC. The van der Waals surface area contributed by atoms with Crippen molar-refractivity contribution in [1.29, 1.82) is 0 Å². The van der Waals surface area contributed by atoms with E-state index in [0.29, 0.717) is 11.8 Å². The van der Waals surface area contributed by atoms with Gasteiger partial charge in [0.2, 0.25) is 0 Å². The smallest absolute Gasteiger partial charge is 0.123 e. The standard InChI is InChI=1S/C33H43FN2O.C2H6O.C2H6/c1-7-25(20-24(3)22-33(4,5)6)32(27-10-8-9-23(2)19-27)37-30-15-16-31-26(21-30)17-18-35-36(31)29-13-11-28(34)12-14-29;1-3-2;1-2/h8-15,18,21,25,27,31-32H,3,7,16-17,19-20,22H2,1-2,4-6H3;1-2H3;1-2H3/t25-,27?,31?,32+;;/m1../s1. The molecule has 4 rings (SSSR count). The highest BCUT2D eigenvalue weighted by atomic mass is 19.1. The number of anilines is 1. The van der Waals surface area contributed by atoms with Gasteiger partial charge >= 0.3 is 0 Å².